The van der Waals surface area contributed by atoms with Gasteiger partial charge in [-0.3, -0.25) is 0 Å². The molecular formula is C12H18IN3. The second-order valence-electron chi connectivity index (χ2n) is 5.50. The minimum absolute atomic E-state index is 0.387. The number of aromatic nitrogens is 2. The van der Waals surface area contributed by atoms with E-state index in [0.717, 1.165) is 28.5 Å². The van der Waals surface area contributed by atoms with Crippen LogP contribution in [0.1, 0.15) is 27.2 Å². The first-order chi connectivity index (χ1) is 7.47. The van der Waals surface area contributed by atoms with Crippen molar-refractivity contribution in [3.63, 3.8) is 0 Å². The van der Waals surface area contributed by atoms with Crippen molar-refractivity contribution in [1.29, 1.82) is 0 Å². The van der Waals surface area contributed by atoms with E-state index in [2.05, 4.69) is 58.2 Å². The first kappa shape index (κ1) is 12.1. The molecule has 1 unspecified atom stereocenters. The fourth-order valence-electron chi connectivity index (χ4n) is 2.12. The fourth-order valence-corrected chi connectivity index (χ4v) is 2.40. The predicted molar refractivity (Wildman–Crippen MR) is 74.5 cm³/mol. The van der Waals surface area contributed by atoms with Crippen LogP contribution in [0.3, 0.4) is 0 Å². The fraction of sp³-hybridized carbons (Fsp3) is 0.667. The van der Waals surface area contributed by atoms with Crippen LogP contribution in [0.4, 0.5) is 5.95 Å². The van der Waals surface area contributed by atoms with Crippen molar-refractivity contribution >= 4 is 28.5 Å². The van der Waals surface area contributed by atoms with Gasteiger partial charge in [0.15, 0.2) is 0 Å². The van der Waals surface area contributed by atoms with E-state index in [4.69, 9.17) is 0 Å². The number of anilines is 1. The Bertz CT molecular complexity index is 356. The first-order valence-electron chi connectivity index (χ1n) is 5.69. The molecule has 0 radical (unpaired) electrons. The molecule has 1 aliphatic heterocycles. The standard InChI is InChI=1S/C12H18IN3/c1-12(2,3)9-4-5-16(8-9)11-14-6-10(13)7-15-11/h6-7,9H,4-5,8H2,1-3H3. The Balaban J connectivity index is 2.06. The highest BCUT2D eigenvalue weighted by atomic mass is 127. The number of halogens is 1. The average Bonchev–Trinajstić information content (AvgIpc) is 2.67. The van der Waals surface area contributed by atoms with Crippen molar-refractivity contribution in [2.75, 3.05) is 18.0 Å². The molecule has 3 nitrogen and oxygen atoms in total. The van der Waals surface area contributed by atoms with Gasteiger partial charge >= 0.3 is 0 Å². The predicted octanol–water partition coefficient (Wildman–Crippen LogP) is 2.95. The molecule has 2 heterocycles. The summed E-state index contributed by atoms with van der Waals surface area (Å²) >= 11 is 2.23. The van der Waals surface area contributed by atoms with Crippen molar-refractivity contribution in [2.45, 2.75) is 27.2 Å². The van der Waals surface area contributed by atoms with E-state index in [1.165, 1.54) is 6.42 Å². The van der Waals surface area contributed by atoms with Gasteiger partial charge in [0.05, 0.1) is 0 Å². The highest BCUT2D eigenvalue weighted by Gasteiger charge is 2.32. The highest BCUT2D eigenvalue weighted by molar-refractivity contribution is 14.1. The molecule has 1 atom stereocenters. The van der Waals surface area contributed by atoms with Crippen LogP contribution < -0.4 is 4.90 Å². The summed E-state index contributed by atoms with van der Waals surface area (Å²) in [7, 11) is 0. The molecule has 0 spiro atoms. The Hall–Kier alpha value is -0.390. The maximum absolute atomic E-state index is 4.38. The van der Waals surface area contributed by atoms with Crippen molar-refractivity contribution in [3.05, 3.63) is 16.0 Å². The molecule has 0 bridgehead atoms. The quantitative estimate of drug-likeness (QED) is 0.741. The van der Waals surface area contributed by atoms with E-state index >= 15 is 0 Å². The average molecular weight is 331 g/mol. The Morgan fingerprint density at radius 3 is 2.44 bits per heavy atom. The maximum Gasteiger partial charge on any atom is 0.225 e. The van der Waals surface area contributed by atoms with Crippen molar-refractivity contribution < 1.29 is 0 Å². The number of hydrogen-bond acceptors (Lipinski definition) is 3. The van der Waals surface area contributed by atoms with E-state index in [1.54, 1.807) is 0 Å². The first-order valence-corrected chi connectivity index (χ1v) is 6.77. The molecule has 16 heavy (non-hydrogen) atoms. The third kappa shape index (κ3) is 2.64. The summed E-state index contributed by atoms with van der Waals surface area (Å²) in [5.74, 6) is 1.63. The molecule has 1 aliphatic rings. The molecule has 1 aromatic heterocycles. The van der Waals surface area contributed by atoms with Crippen LogP contribution in [0.5, 0.6) is 0 Å². The maximum atomic E-state index is 4.38. The zero-order valence-electron chi connectivity index (χ0n) is 10.1. The van der Waals surface area contributed by atoms with Crippen LogP contribution in [0.15, 0.2) is 12.4 Å². The lowest BCUT2D eigenvalue weighted by atomic mass is 9.80. The van der Waals surface area contributed by atoms with Gasteiger partial charge in [-0.1, -0.05) is 20.8 Å². The van der Waals surface area contributed by atoms with Gasteiger partial charge < -0.3 is 4.90 Å². The van der Waals surface area contributed by atoms with Crippen LogP contribution in [-0.2, 0) is 0 Å². The minimum atomic E-state index is 0.387. The van der Waals surface area contributed by atoms with Gasteiger partial charge in [-0.15, -0.1) is 0 Å². The van der Waals surface area contributed by atoms with E-state index in [9.17, 15) is 0 Å². The number of nitrogens with zero attached hydrogens (tertiary/aromatic N) is 3. The van der Waals surface area contributed by atoms with Crippen molar-refractivity contribution in [3.8, 4) is 0 Å². The van der Waals surface area contributed by atoms with Crippen molar-refractivity contribution in [2.24, 2.45) is 11.3 Å². The molecule has 1 saturated heterocycles. The Morgan fingerprint density at radius 1 is 1.31 bits per heavy atom. The number of rotatable bonds is 1. The molecule has 0 saturated carbocycles. The molecule has 0 aromatic carbocycles. The van der Waals surface area contributed by atoms with Gasteiger partial charge in [-0.05, 0) is 40.3 Å². The summed E-state index contributed by atoms with van der Waals surface area (Å²) in [5.41, 5.74) is 0.387. The van der Waals surface area contributed by atoms with Gasteiger partial charge in [-0.25, -0.2) is 9.97 Å². The van der Waals surface area contributed by atoms with Gasteiger partial charge in [0.1, 0.15) is 0 Å². The van der Waals surface area contributed by atoms with Crippen LogP contribution in [0.25, 0.3) is 0 Å². The smallest absolute Gasteiger partial charge is 0.225 e. The monoisotopic (exact) mass is 331 g/mol. The van der Waals surface area contributed by atoms with Crippen molar-refractivity contribution in [1.82, 2.24) is 9.97 Å². The second kappa shape index (κ2) is 4.47. The summed E-state index contributed by atoms with van der Waals surface area (Å²) in [6, 6.07) is 0. The Labute approximate surface area is 111 Å². The normalized spacial score (nSPS) is 21.5. The van der Waals surface area contributed by atoms with Crippen LogP contribution >= 0.6 is 22.6 Å². The molecule has 2 rings (SSSR count). The third-order valence-corrected chi connectivity index (χ3v) is 3.86. The lowest BCUT2D eigenvalue weighted by Gasteiger charge is -2.26. The van der Waals surface area contributed by atoms with Gasteiger partial charge in [0.2, 0.25) is 5.95 Å². The van der Waals surface area contributed by atoms with E-state index < -0.39 is 0 Å². The SMILES string of the molecule is CC(C)(C)C1CCN(c2ncc(I)cn2)C1. The molecule has 0 N–H and O–H groups in total. The molecule has 0 amide bonds. The largest absolute Gasteiger partial charge is 0.341 e. The van der Waals surface area contributed by atoms with Crippen LogP contribution in [0.2, 0.25) is 0 Å². The highest BCUT2D eigenvalue weighted by Crippen LogP contribution is 2.34. The topological polar surface area (TPSA) is 29.0 Å². The van der Waals surface area contributed by atoms with E-state index in [0.29, 0.717) is 5.41 Å². The zero-order valence-corrected chi connectivity index (χ0v) is 12.2. The summed E-state index contributed by atoms with van der Waals surface area (Å²) in [4.78, 5) is 11.1. The van der Waals surface area contributed by atoms with Gasteiger partial charge in [0.25, 0.3) is 0 Å². The lowest BCUT2D eigenvalue weighted by molar-refractivity contribution is 0.263. The summed E-state index contributed by atoms with van der Waals surface area (Å²) in [5, 5.41) is 0. The molecule has 1 aromatic rings. The van der Waals surface area contributed by atoms with Crippen LogP contribution in [0, 0.1) is 14.9 Å². The molecule has 88 valence electrons. The summed E-state index contributed by atoms with van der Waals surface area (Å²) < 4.78 is 1.09. The Kier molecular flexibility index (Phi) is 3.37. The molecule has 4 heteroatoms. The third-order valence-electron chi connectivity index (χ3n) is 3.30. The second-order valence-corrected chi connectivity index (χ2v) is 6.74. The summed E-state index contributed by atoms with van der Waals surface area (Å²) in [6.45, 7) is 9.12. The van der Waals surface area contributed by atoms with Crippen LogP contribution in [-0.4, -0.2) is 23.1 Å². The number of hydrogen-bond donors (Lipinski definition) is 0. The molecular weight excluding hydrogens is 313 g/mol. The minimum Gasteiger partial charge on any atom is -0.341 e. The molecule has 0 aliphatic carbocycles. The summed E-state index contributed by atoms with van der Waals surface area (Å²) in [6.07, 6.45) is 5.01. The van der Waals surface area contributed by atoms with E-state index in [-0.39, 0.29) is 0 Å². The van der Waals surface area contributed by atoms with Gasteiger partial charge in [0, 0.05) is 29.1 Å². The zero-order chi connectivity index (χ0) is 11.8. The molecule has 1 fully saturated rings. The lowest BCUT2D eigenvalue weighted by Crippen LogP contribution is -2.26. The Morgan fingerprint density at radius 2 is 1.94 bits per heavy atom. The van der Waals surface area contributed by atoms with E-state index in [1.807, 2.05) is 12.4 Å². The van der Waals surface area contributed by atoms with Gasteiger partial charge in [-0.2, -0.15) is 0 Å².